The van der Waals surface area contributed by atoms with E-state index in [4.69, 9.17) is 0 Å². The molecule has 0 bridgehead atoms. The zero-order chi connectivity index (χ0) is 20.3. The molecule has 2 aliphatic rings. The highest BCUT2D eigenvalue weighted by atomic mass is 79.9. The van der Waals surface area contributed by atoms with Crippen molar-refractivity contribution in [1.82, 2.24) is 15.1 Å². The summed E-state index contributed by atoms with van der Waals surface area (Å²) in [6, 6.07) is 8.00. The maximum Gasteiger partial charge on any atom is 0.312 e. The van der Waals surface area contributed by atoms with Crippen LogP contribution in [-0.2, 0) is 19.8 Å². The summed E-state index contributed by atoms with van der Waals surface area (Å²) in [6.45, 7) is 5.38. The fraction of sp³-hybridized carbons (Fsp3) is 0.571. The molecule has 1 aromatic carbocycles. The topological polar surface area (TPSA) is 69.7 Å². The summed E-state index contributed by atoms with van der Waals surface area (Å²) in [5, 5.41) is 2.64. The smallest absolute Gasteiger partial charge is 0.312 e. The molecule has 3 rings (SSSR count). The lowest BCUT2D eigenvalue weighted by Gasteiger charge is -2.40. The Morgan fingerprint density at radius 3 is 2.04 bits per heavy atom. The summed E-state index contributed by atoms with van der Waals surface area (Å²) >= 11 is 3.47. The molecular formula is C21H28BrN3O3. The first-order chi connectivity index (χ1) is 13.3. The number of halogens is 1. The number of nitrogens with one attached hydrogen (secondary N) is 1. The Hall–Kier alpha value is -1.89. The van der Waals surface area contributed by atoms with E-state index in [-0.39, 0.29) is 11.9 Å². The van der Waals surface area contributed by atoms with E-state index >= 15 is 0 Å². The van der Waals surface area contributed by atoms with Crippen LogP contribution in [0, 0.1) is 0 Å². The van der Waals surface area contributed by atoms with Gasteiger partial charge in [0.25, 0.3) is 0 Å². The van der Waals surface area contributed by atoms with Crippen molar-refractivity contribution in [2.24, 2.45) is 0 Å². The number of hydrogen-bond acceptors (Lipinski definition) is 3. The van der Waals surface area contributed by atoms with Crippen LogP contribution < -0.4 is 5.32 Å². The lowest BCUT2D eigenvalue weighted by molar-refractivity contribution is -0.149. The van der Waals surface area contributed by atoms with Gasteiger partial charge in [-0.2, -0.15) is 0 Å². The van der Waals surface area contributed by atoms with Gasteiger partial charge in [0.15, 0.2) is 0 Å². The SMILES string of the molecule is CC(C)NC(=O)C(=O)N1CCN(C(=O)C2(c3ccc(Br)cc3)CCCC2)CC1. The number of carbonyl (C=O) groups is 3. The Labute approximate surface area is 174 Å². The van der Waals surface area contributed by atoms with E-state index in [0.717, 1.165) is 35.7 Å². The number of nitrogens with zero attached hydrogens (tertiary/aromatic N) is 2. The molecule has 6 nitrogen and oxygen atoms in total. The van der Waals surface area contributed by atoms with Gasteiger partial charge in [0.1, 0.15) is 0 Å². The molecule has 1 saturated carbocycles. The minimum Gasteiger partial charge on any atom is -0.346 e. The van der Waals surface area contributed by atoms with Crippen molar-refractivity contribution in [3.8, 4) is 0 Å². The van der Waals surface area contributed by atoms with Crippen LogP contribution in [0.2, 0.25) is 0 Å². The summed E-state index contributed by atoms with van der Waals surface area (Å²) in [5.74, 6) is -0.924. The van der Waals surface area contributed by atoms with Crippen molar-refractivity contribution in [2.45, 2.75) is 51.0 Å². The van der Waals surface area contributed by atoms with Gasteiger partial charge in [0.05, 0.1) is 5.41 Å². The lowest BCUT2D eigenvalue weighted by atomic mass is 9.77. The van der Waals surface area contributed by atoms with Crippen LogP contribution >= 0.6 is 15.9 Å². The van der Waals surface area contributed by atoms with E-state index in [0.29, 0.717) is 26.2 Å². The molecule has 1 heterocycles. The largest absolute Gasteiger partial charge is 0.346 e. The van der Waals surface area contributed by atoms with Crippen LogP contribution in [0.25, 0.3) is 0 Å². The highest BCUT2D eigenvalue weighted by Crippen LogP contribution is 2.43. The number of hydrogen-bond donors (Lipinski definition) is 1. The van der Waals surface area contributed by atoms with Gasteiger partial charge in [-0.15, -0.1) is 0 Å². The van der Waals surface area contributed by atoms with Gasteiger partial charge in [-0.05, 0) is 44.4 Å². The molecule has 152 valence electrons. The van der Waals surface area contributed by atoms with Crippen molar-refractivity contribution >= 4 is 33.7 Å². The fourth-order valence-corrected chi connectivity index (χ4v) is 4.52. The first-order valence-electron chi connectivity index (χ1n) is 9.99. The molecule has 7 heteroatoms. The van der Waals surface area contributed by atoms with Crippen molar-refractivity contribution in [2.75, 3.05) is 26.2 Å². The molecule has 1 aliphatic carbocycles. The second-order valence-electron chi connectivity index (χ2n) is 8.01. The van der Waals surface area contributed by atoms with E-state index in [1.54, 1.807) is 4.90 Å². The van der Waals surface area contributed by atoms with Crippen molar-refractivity contribution in [1.29, 1.82) is 0 Å². The van der Waals surface area contributed by atoms with E-state index < -0.39 is 17.2 Å². The number of rotatable bonds is 3. The predicted octanol–water partition coefficient (Wildman–Crippen LogP) is 2.46. The van der Waals surface area contributed by atoms with Gasteiger partial charge in [-0.1, -0.05) is 40.9 Å². The summed E-state index contributed by atoms with van der Waals surface area (Å²) in [7, 11) is 0. The Kier molecular flexibility index (Phi) is 6.43. The minimum atomic E-state index is -0.572. The number of amides is 3. The summed E-state index contributed by atoms with van der Waals surface area (Å²) in [5.41, 5.74) is 0.620. The van der Waals surface area contributed by atoms with Crippen LogP contribution in [-0.4, -0.2) is 59.7 Å². The normalized spacial score (nSPS) is 19.0. The van der Waals surface area contributed by atoms with Gasteiger partial charge in [-0.25, -0.2) is 0 Å². The van der Waals surface area contributed by atoms with Gasteiger partial charge in [0.2, 0.25) is 5.91 Å². The molecule has 1 saturated heterocycles. The van der Waals surface area contributed by atoms with Gasteiger partial charge < -0.3 is 15.1 Å². The molecular weight excluding hydrogens is 422 g/mol. The van der Waals surface area contributed by atoms with Crippen LogP contribution in [0.15, 0.2) is 28.7 Å². The number of carbonyl (C=O) groups excluding carboxylic acids is 3. The molecule has 0 aromatic heterocycles. The standard InChI is InChI=1S/C21H28BrN3O3/c1-15(2)23-18(26)19(27)24-11-13-25(14-12-24)20(28)21(9-3-4-10-21)16-5-7-17(22)8-6-16/h5-8,15H,3-4,9-14H2,1-2H3,(H,23,26). The predicted molar refractivity (Wildman–Crippen MR) is 111 cm³/mol. The van der Waals surface area contributed by atoms with Gasteiger partial charge in [-0.3, -0.25) is 14.4 Å². The maximum absolute atomic E-state index is 13.5. The van der Waals surface area contributed by atoms with E-state index in [2.05, 4.69) is 21.2 Å². The highest BCUT2D eigenvalue weighted by molar-refractivity contribution is 9.10. The summed E-state index contributed by atoms with van der Waals surface area (Å²) in [4.78, 5) is 41.2. The van der Waals surface area contributed by atoms with Crippen LogP contribution in [0.1, 0.15) is 45.1 Å². The van der Waals surface area contributed by atoms with E-state index in [1.165, 1.54) is 0 Å². The van der Waals surface area contributed by atoms with Gasteiger partial charge >= 0.3 is 11.8 Å². The summed E-state index contributed by atoms with van der Waals surface area (Å²) < 4.78 is 1.00. The fourth-order valence-electron chi connectivity index (χ4n) is 4.26. The lowest BCUT2D eigenvalue weighted by Crippen LogP contribution is -2.57. The third-order valence-corrected chi connectivity index (χ3v) is 6.26. The molecule has 1 aliphatic heterocycles. The molecule has 0 atom stereocenters. The monoisotopic (exact) mass is 449 g/mol. The molecule has 28 heavy (non-hydrogen) atoms. The zero-order valence-corrected chi connectivity index (χ0v) is 18.1. The third-order valence-electron chi connectivity index (χ3n) is 5.73. The third kappa shape index (κ3) is 4.24. The molecule has 0 spiro atoms. The number of benzene rings is 1. The average Bonchev–Trinajstić information content (AvgIpc) is 3.18. The van der Waals surface area contributed by atoms with Crippen LogP contribution in [0.3, 0.4) is 0 Å². The first kappa shape index (κ1) is 20.8. The molecule has 0 radical (unpaired) electrons. The molecule has 1 N–H and O–H groups in total. The Morgan fingerprint density at radius 1 is 0.964 bits per heavy atom. The van der Waals surface area contributed by atoms with Crippen LogP contribution in [0.5, 0.6) is 0 Å². The number of piperazine rings is 1. The minimum absolute atomic E-state index is 0.0764. The maximum atomic E-state index is 13.5. The molecule has 3 amide bonds. The summed E-state index contributed by atoms with van der Waals surface area (Å²) in [6.07, 6.45) is 3.83. The Morgan fingerprint density at radius 2 is 1.50 bits per heavy atom. The van der Waals surface area contributed by atoms with Crippen molar-refractivity contribution in [3.05, 3.63) is 34.3 Å². The zero-order valence-electron chi connectivity index (χ0n) is 16.5. The highest BCUT2D eigenvalue weighted by Gasteiger charge is 2.45. The first-order valence-corrected chi connectivity index (χ1v) is 10.8. The second kappa shape index (κ2) is 8.64. The van der Waals surface area contributed by atoms with Crippen molar-refractivity contribution in [3.63, 3.8) is 0 Å². The molecule has 1 aromatic rings. The van der Waals surface area contributed by atoms with Crippen LogP contribution in [0.4, 0.5) is 0 Å². The quantitative estimate of drug-likeness (QED) is 0.720. The molecule has 0 unspecified atom stereocenters. The van der Waals surface area contributed by atoms with Crippen molar-refractivity contribution < 1.29 is 14.4 Å². The van der Waals surface area contributed by atoms with E-state index in [1.807, 2.05) is 43.0 Å². The Bertz CT molecular complexity index is 734. The van der Waals surface area contributed by atoms with E-state index in [9.17, 15) is 14.4 Å². The second-order valence-corrected chi connectivity index (χ2v) is 8.92. The average molecular weight is 450 g/mol. The molecule has 2 fully saturated rings. The Balaban J connectivity index is 1.67. The van der Waals surface area contributed by atoms with Gasteiger partial charge in [0, 0.05) is 36.7 Å².